The lowest BCUT2D eigenvalue weighted by Crippen LogP contribution is -2.11. The summed E-state index contributed by atoms with van der Waals surface area (Å²) in [5.74, 6) is 0. The fraction of sp³-hybridized carbons (Fsp3) is 0.357. The molecule has 1 aliphatic heterocycles. The van der Waals surface area contributed by atoms with Crippen LogP contribution in [0.25, 0.3) is 11.1 Å². The molecule has 3 heteroatoms. The Morgan fingerprint density at radius 3 is 3.12 bits per heavy atom. The Morgan fingerprint density at radius 2 is 2.29 bits per heavy atom. The van der Waals surface area contributed by atoms with Crippen molar-refractivity contribution < 1.29 is 0 Å². The predicted octanol–water partition coefficient (Wildman–Crippen LogP) is 2.93. The number of rotatable bonds is 2. The zero-order valence-electron chi connectivity index (χ0n) is 10.1. The molecule has 1 aromatic carbocycles. The number of aromatic nitrogens is 2. The van der Waals surface area contributed by atoms with E-state index in [1.807, 2.05) is 10.9 Å². The average Bonchev–Trinajstić information content (AvgIpc) is 2.87. The molecule has 1 N–H and O–H groups in total. The van der Waals surface area contributed by atoms with E-state index >= 15 is 0 Å². The highest BCUT2D eigenvalue weighted by molar-refractivity contribution is 5.68. The normalized spacial score (nSPS) is 14.2. The van der Waals surface area contributed by atoms with Gasteiger partial charge in [0.05, 0.1) is 6.20 Å². The van der Waals surface area contributed by atoms with E-state index in [1.165, 1.54) is 35.2 Å². The summed E-state index contributed by atoms with van der Waals surface area (Å²) in [6.07, 6.45) is 6.46. The SMILES string of the molecule is CCn1cc(-c2ccc3c(c2)CCCN3)cn1. The van der Waals surface area contributed by atoms with E-state index in [-0.39, 0.29) is 0 Å². The topological polar surface area (TPSA) is 29.9 Å². The lowest BCUT2D eigenvalue weighted by Gasteiger charge is -2.18. The number of aryl methyl sites for hydroxylation is 2. The number of anilines is 1. The van der Waals surface area contributed by atoms with Gasteiger partial charge in [-0.3, -0.25) is 4.68 Å². The lowest BCUT2D eigenvalue weighted by molar-refractivity contribution is 0.660. The van der Waals surface area contributed by atoms with Gasteiger partial charge in [-0.25, -0.2) is 0 Å². The highest BCUT2D eigenvalue weighted by atomic mass is 15.3. The Morgan fingerprint density at radius 1 is 1.35 bits per heavy atom. The van der Waals surface area contributed by atoms with Crippen molar-refractivity contribution >= 4 is 5.69 Å². The van der Waals surface area contributed by atoms with Gasteiger partial charge in [0.25, 0.3) is 0 Å². The first-order valence-corrected chi connectivity index (χ1v) is 6.26. The molecule has 0 unspecified atom stereocenters. The van der Waals surface area contributed by atoms with Crippen LogP contribution in [0.2, 0.25) is 0 Å². The zero-order valence-corrected chi connectivity index (χ0v) is 10.1. The summed E-state index contributed by atoms with van der Waals surface area (Å²) >= 11 is 0. The molecule has 2 heterocycles. The largest absolute Gasteiger partial charge is 0.385 e. The molecule has 3 nitrogen and oxygen atoms in total. The van der Waals surface area contributed by atoms with Crippen LogP contribution in [0, 0.1) is 0 Å². The fourth-order valence-electron chi connectivity index (χ4n) is 2.34. The quantitative estimate of drug-likeness (QED) is 0.855. The first kappa shape index (κ1) is 10.4. The third-order valence-electron chi connectivity index (χ3n) is 3.33. The van der Waals surface area contributed by atoms with Gasteiger partial charge >= 0.3 is 0 Å². The van der Waals surface area contributed by atoms with Gasteiger partial charge in [0.1, 0.15) is 0 Å². The molecule has 0 spiro atoms. The Hall–Kier alpha value is -1.77. The van der Waals surface area contributed by atoms with E-state index in [1.54, 1.807) is 0 Å². The van der Waals surface area contributed by atoms with Crippen LogP contribution in [-0.2, 0) is 13.0 Å². The monoisotopic (exact) mass is 227 g/mol. The summed E-state index contributed by atoms with van der Waals surface area (Å²) in [6, 6.07) is 6.65. The van der Waals surface area contributed by atoms with Crippen molar-refractivity contribution in [2.24, 2.45) is 0 Å². The second-order valence-corrected chi connectivity index (χ2v) is 4.49. The third kappa shape index (κ3) is 1.93. The van der Waals surface area contributed by atoms with Crippen molar-refractivity contribution in [3.05, 3.63) is 36.2 Å². The smallest absolute Gasteiger partial charge is 0.0568 e. The summed E-state index contributed by atoms with van der Waals surface area (Å²) in [4.78, 5) is 0. The molecule has 0 bridgehead atoms. The Labute approximate surface area is 101 Å². The van der Waals surface area contributed by atoms with Crippen molar-refractivity contribution in [1.29, 1.82) is 0 Å². The van der Waals surface area contributed by atoms with Gasteiger partial charge < -0.3 is 5.32 Å². The average molecular weight is 227 g/mol. The number of hydrogen-bond donors (Lipinski definition) is 1. The van der Waals surface area contributed by atoms with Crippen molar-refractivity contribution in [1.82, 2.24) is 9.78 Å². The van der Waals surface area contributed by atoms with Crippen LogP contribution < -0.4 is 5.32 Å². The van der Waals surface area contributed by atoms with Gasteiger partial charge in [-0.15, -0.1) is 0 Å². The van der Waals surface area contributed by atoms with Gasteiger partial charge in [-0.1, -0.05) is 6.07 Å². The van der Waals surface area contributed by atoms with E-state index in [2.05, 4.69) is 41.7 Å². The minimum atomic E-state index is 0.923. The maximum atomic E-state index is 4.32. The van der Waals surface area contributed by atoms with E-state index in [9.17, 15) is 0 Å². The van der Waals surface area contributed by atoms with Crippen LogP contribution in [0.4, 0.5) is 5.69 Å². The Balaban J connectivity index is 1.97. The highest BCUT2D eigenvalue weighted by Gasteiger charge is 2.10. The van der Waals surface area contributed by atoms with Crippen LogP contribution in [-0.4, -0.2) is 16.3 Å². The molecule has 0 atom stereocenters. The van der Waals surface area contributed by atoms with E-state index in [0.717, 1.165) is 13.1 Å². The molecule has 0 fully saturated rings. The third-order valence-corrected chi connectivity index (χ3v) is 3.33. The Kier molecular flexibility index (Phi) is 2.59. The first-order valence-electron chi connectivity index (χ1n) is 6.26. The van der Waals surface area contributed by atoms with E-state index in [0.29, 0.717) is 0 Å². The Bertz CT molecular complexity index is 528. The second kappa shape index (κ2) is 4.24. The first-order chi connectivity index (χ1) is 8.36. The fourth-order valence-corrected chi connectivity index (χ4v) is 2.34. The van der Waals surface area contributed by atoms with Gasteiger partial charge in [0.2, 0.25) is 0 Å². The van der Waals surface area contributed by atoms with Crippen LogP contribution in [0.1, 0.15) is 18.9 Å². The van der Waals surface area contributed by atoms with E-state index in [4.69, 9.17) is 0 Å². The number of hydrogen-bond acceptors (Lipinski definition) is 2. The minimum absolute atomic E-state index is 0.923. The molecule has 88 valence electrons. The molecule has 2 aromatic rings. The number of nitrogens with zero attached hydrogens (tertiary/aromatic N) is 2. The van der Waals surface area contributed by atoms with Gasteiger partial charge in [-0.05, 0) is 43.0 Å². The molecule has 1 aliphatic rings. The molecule has 0 radical (unpaired) electrons. The maximum absolute atomic E-state index is 4.32. The predicted molar refractivity (Wildman–Crippen MR) is 70.1 cm³/mol. The molecule has 0 amide bonds. The minimum Gasteiger partial charge on any atom is -0.385 e. The molecular weight excluding hydrogens is 210 g/mol. The molecule has 0 saturated heterocycles. The lowest BCUT2D eigenvalue weighted by atomic mass is 9.99. The summed E-state index contributed by atoms with van der Waals surface area (Å²) in [5, 5.41) is 7.76. The summed E-state index contributed by atoms with van der Waals surface area (Å²) in [6.45, 7) is 4.13. The number of benzene rings is 1. The number of fused-ring (bicyclic) bond motifs is 1. The molecule has 1 aromatic heterocycles. The van der Waals surface area contributed by atoms with Crippen LogP contribution in [0.3, 0.4) is 0 Å². The van der Waals surface area contributed by atoms with Gasteiger partial charge in [0.15, 0.2) is 0 Å². The van der Waals surface area contributed by atoms with Gasteiger partial charge in [-0.2, -0.15) is 5.10 Å². The molecule has 3 rings (SSSR count). The summed E-state index contributed by atoms with van der Waals surface area (Å²) in [5.41, 5.74) is 5.20. The summed E-state index contributed by atoms with van der Waals surface area (Å²) in [7, 11) is 0. The molecular formula is C14H17N3. The molecule has 17 heavy (non-hydrogen) atoms. The van der Waals surface area contributed by atoms with Crippen molar-refractivity contribution in [3.63, 3.8) is 0 Å². The summed E-state index contributed by atoms with van der Waals surface area (Å²) < 4.78 is 1.97. The van der Waals surface area contributed by atoms with E-state index < -0.39 is 0 Å². The van der Waals surface area contributed by atoms with Crippen LogP contribution in [0.5, 0.6) is 0 Å². The van der Waals surface area contributed by atoms with Crippen molar-refractivity contribution in [3.8, 4) is 11.1 Å². The molecule has 0 saturated carbocycles. The maximum Gasteiger partial charge on any atom is 0.0568 e. The van der Waals surface area contributed by atoms with Crippen LogP contribution in [0.15, 0.2) is 30.6 Å². The standard InChI is InChI=1S/C14H17N3/c1-2-17-10-13(9-16-17)11-5-6-14-12(8-11)4-3-7-15-14/h5-6,8-10,15H,2-4,7H2,1H3. The zero-order chi connectivity index (χ0) is 11.7. The molecule has 0 aliphatic carbocycles. The van der Waals surface area contributed by atoms with Gasteiger partial charge in [0, 0.05) is 30.5 Å². The van der Waals surface area contributed by atoms with Crippen molar-refractivity contribution in [2.45, 2.75) is 26.3 Å². The second-order valence-electron chi connectivity index (χ2n) is 4.49. The number of nitrogens with one attached hydrogen (secondary N) is 1. The van der Waals surface area contributed by atoms with Crippen LogP contribution >= 0.6 is 0 Å². The highest BCUT2D eigenvalue weighted by Crippen LogP contribution is 2.27. The van der Waals surface area contributed by atoms with Crippen molar-refractivity contribution in [2.75, 3.05) is 11.9 Å².